The number of hydrogen-bond acceptors (Lipinski definition) is 6. The first-order valence-corrected chi connectivity index (χ1v) is 9.86. The predicted molar refractivity (Wildman–Crippen MR) is 106 cm³/mol. The minimum absolute atomic E-state index is 0.409. The van der Waals surface area contributed by atoms with Crippen LogP contribution in [-0.4, -0.2) is 60.7 Å². The number of anilines is 1. The summed E-state index contributed by atoms with van der Waals surface area (Å²) in [5, 5.41) is 8.94. The van der Waals surface area contributed by atoms with Crippen molar-refractivity contribution in [3.05, 3.63) is 18.1 Å². The smallest absolute Gasteiger partial charge is 0.209 e. The monoisotopic (exact) mass is 375 g/mol. The van der Waals surface area contributed by atoms with Crippen LogP contribution in [0.4, 0.5) is 5.82 Å². The first-order chi connectivity index (χ1) is 13.2. The van der Waals surface area contributed by atoms with E-state index >= 15 is 0 Å². The predicted octanol–water partition coefficient (Wildman–Crippen LogP) is 2.86. The van der Waals surface area contributed by atoms with Gasteiger partial charge in [-0.1, -0.05) is 20.8 Å². The Balaban J connectivity index is 0.000000265. The lowest BCUT2D eigenvalue weighted by Gasteiger charge is -2.31. The Kier molecular flexibility index (Phi) is 11.0. The molecule has 150 valence electrons. The number of amides is 1. The van der Waals surface area contributed by atoms with Crippen LogP contribution in [0.2, 0.25) is 0 Å². The number of aromatic nitrogens is 2. The van der Waals surface area contributed by atoms with Gasteiger partial charge in [0.15, 0.2) is 11.5 Å². The van der Waals surface area contributed by atoms with Crippen molar-refractivity contribution in [2.75, 3.05) is 38.3 Å². The maximum absolute atomic E-state index is 10.3. The van der Waals surface area contributed by atoms with Crippen LogP contribution in [0.15, 0.2) is 12.4 Å². The fraction of sp³-hybridized carbons (Fsp3) is 0.700. The summed E-state index contributed by atoms with van der Waals surface area (Å²) < 4.78 is 5.15. The van der Waals surface area contributed by atoms with Gasteiger partial charge in [-0.05, 0) is 31.6 Å². The lowest BCUT2D eigenvalue weighted by Crippen LogP contribution is -2.35. The third kappa shape index (κ3) is 7.51. The number of ether oxygens (including phenoxy) is 1. The standard InChI is InChI=1S/C11H14N4.C7H13NO2.C2H6/c1-9-3-2-6-15(8-9)11-10(7-12)13-4-5-14-11;1-8(6-9)7-2-4-10-5-3-7;1-2/h4-5,9H,2-3,6,8H2,1H3;6-7H,2-5H2,1H3;1-2H3. The molecule has 1 amide bonds. The number of carbonyl (C=O) groups excluding carboxylic acids is 1. The summed E-state index contributed by atoms with van der Waals surface area (Å²) in [7, 11) is 1.82. The third-order valence-corrected chi connectivity index (χ3v) is 4.67. The summed E-state index contributed by atoms with van der Waals surface area (Å²) in [6, 6.07) is 2.50. The molecule has 0 saturated carbocycles. The van der Waals surface area contributed by atoms with Crippen LogP contribution in [0.3, 0.4) is 0 Å². The zero-order valence-electron chi connectivity index (χ0n) is 17.1. The van der Waals surface area contributed by atoms with Crippen molar-refractivity contribution < 1.29 is 9.53 Å². The molecular weight excluding hydrogens is 342 g/mol. The first kappa shape index (κ1) is 22.8. The van der Waals surface area contributed by atoms with Crippen LogP contribution < -0.4 is 4.90 Å². The highest BCUT2D eigenvalue weighted by Gasteiger charge is 2.20. The highest BCUT2D eigenvalue weighted by Crippen LogP contribution is 2.22. The van der Waals surface area contributed by atoms with Gasteiger partial charge < -0.3 is 14.5 Å². The Hall–Kier alpha value is -2.20. The molecule has 0 bridgehead atoms. The minimum Gasteiger partial charge on any atom is -0.381 e. The molecule has 2 saturated heterocycles. The highest BCUT2D eigenvalue weighted by atomic mass is 16.5. The van der Waals surface area contributed by atoms with Gasteiger partial charge in [0.25, 0.3) is 0 Å². The molecule has 27 heavy (non-hydrogen) atoms. The second kappa shape index (κ2) is 13.0. The van der Waals surface area contributed by atoms with E-state index in [0.29, 0.717) is 17.7 Å². The molecule has 1 unspecified atom stereocenters. The zero-order chi connectivity index (χ0) is 20.1. The van der Waals surface area contributed by atoms with Crippen molar-refractivity contribution in [2.45, 2.75) is 52.5 Å². The van der Waals surface area contributed by atoms with Gasteiger partial charge in [0, 0.05) is 51.8 Å². The Morgan fingerprint density at radius 2 is 1.93 bits per heavy atom. The maximum Gasteiger partial charge on any atom is 0.209 e. The van der Waals surface area contributed by atoms with E-state index in [2.05, 4.69) is 27.9 Å². The van der Waals surface area contributed by atoms with Crippen molar-refractivity contribution in [1.29, 1.82) is 5.26 Å². The number of carbonyl (C=O) groups is 1. The van der Waals surface area contributed by atoms with Gasteiger partial charge in [0.2, 0.25) is 6.41 Å². The summed E-state index contributed by atoms with van der Waals surface area (Å²) >= 11 is 0. The molecule has 3 heterocycles. The minimum atomic E-state index is 0.409. The van der Waals surface area contributed by atoms with Gasteiger partial charge in [-0.25, -0.2) is 9.97 Å². The van der Waals surface area contributed by atoms with Crippen molar-refractivity contribution >= 4 is 12.2 Å². The van der Waals surface area contributed by atoms with Crippen molar-refractivity contribution in [2.24, 2.45) is 5.92 Å². The number of nitrogens with zero attached hydrogens (tertiary/aromatic N) is 5. The molecule has 1 aromatic heterocycles. The Morgan fingerprint density at radius 3 is 2.52 bits per heavy atom. The summed E-state index contributed by atoms with van der Waals surface area (Å²) in [4.78, 5) is 22.5. The highest BCUT2D eigenvalue weighted by molar-refractivity contribution is 5.49. The van der Waals surface area contributed by atoms with Gasteiger partial charge >= 0.3 is 0 Å². The molecule has 2 aliphatic rings. The molecule has 2 fully saturated rings. The lowest BCUT2D eigenvalue weighted by molar-refractivity contribution is -0.120. The van der Waals surface area contributed by atoms with E-state index < -0.39 is 0 Å². The van der Waals surface area contributed by atoms with Crippen LogP contribution in [-0.2, 0) is 9.53 Å². The molecular formula is C20H33N5O2. The normalized spacial score (nSPS) is 19.5. The Bertz CT molecular complexity index is 584. The summed E-state index contributed by atoms with van der Waals surface area (Å²) in [6.45, 7) is 9.78. The zero-order valence-corrected chi connectivity index (χ0v) is 17.1. The maximum atomic E-state index is 10.3. The fourth-order valence-electron chi connectivity index (χ4n) is 3.20. The number of piperidine rings is 1. The lowest BCUT2D eigenvalue weighted by atomic mass is 10.0. The van der Waals surface area contributed by atoms with Gasteiger partial charge in [0.1, 0.15) is 6.07 Å². The summed E-state index contributed by atoms with van der Waals surface area (Å²) in [5.74, 6) is 1.42. The van der Waals surface area contributed by atoms with E-state index in [0.717, 1.165) is 51.4 Å². The second-order valence-electron chi connectivity index (χ2n) is 6.65. The van der Waals surface area contributed by atoms with Crippen LogP contribution >= 0.6 is 0 Å². The summed E-state index contributed by atoms with van der Waals surface area (Å²) in [5.41, 5.74) is 0.437. The Labute approximate surface area is 163 Å². The van der Waals surface area contributed by atoms with Crippen LogP contribution in [0.5, 0.6) is 0 Å². The van der Waals surface area contributed by atoms with E-state index in [1.807, 2.05) is 20.9 Å². The summed E-state index contributed by atoms with van der Waals surface area (Å²) in [6.07, 6.45) is 8.49. The molecule has 0 aromatic carbocycles. The van der Waals surface area contributed by atoms with E-state index in [9.17, 15) is 4.79 Å². The van der Waals surface area contributed by atoms with E-state index in [4.69, 9.17) is 10.00 Å². The Morgan fingerprint density at radius 1 is 1.26 bits per heavy atom. The van der Waals surface area contributed by atoms with Crippen LogP contribution in [0, 0.1) is 17.2 Å². The topological polar surface area (TPSA) is 82.4 Å². The van der Waals surface area contributed by atoms with E-state index in [1.165, 1.54) is 12.8 Å². The van der Waals surface area contributed by atoms with E-state index in [1.54, 1.807) is 17.3 Å². The second-order valence-corrected chi connectivity index (χ2v) is 6.65. The van der Waals surface area contributed by atoms with Gasteiger partial charge in [-0.2, -0.15) is 5.26 Å². The molecule has 0 radical (unpaired) electrons. The molecule has 0 N–H and O–H groups in total. The van der Waals surface area contributed by atoms with Crippen molar-refractivity contribution in [3.63, 3.8) is 0 Å². The SMILES string of the molecule is CC.CC1CCCN(c2nccnc2C#N)C1.CN(C=O)C1CCOCC1. The van der Waals surface area contributed by atoms with E-state index in [-0.39, 0.29) is 0 Å². The average Bonchev–Trinajstić information content (AvgIpc) is 2.75. The third-order valence-electron chi connectivity index (χ3n) is 4.67. The quantitative estimate of drug-likeness (QED) is 0.756. The molecule has 1 aromatic rings. The molecule has 0 spiro atoms. The van der Waals surface area contributed by atoms with Gasteiger partial charge in [-0.15, -0.1) is 0 Å². The molecule has 7 nitrogen and oxygen atoms in total. The molecule has 2 aliphatic heterocycles. The van der Waals surface area contributed by atoms with Crippen LogP contribution in [0.1, 0.15) is 52.1 Å². The van der Waals surface area contributed by atoms with Gasteiger partial charge in [0.05, 0.1) is 0 Å². The average molecular weight is 376 g/mol. The van der Waals surface area contributed by atoms with Crippen LogP contribution in [0.25, 0.3) is 0 Å². The van der Waals surface area contributed by atoms with Crippen molar-refractivity contribution in [1.82, 2.24) is 14.9 Å². The molecule has 7 heteroatoms. The van der Waals surface area contributed by atoms with Crippen molar-refractivity contribution in [3.8, 4) is 6.07 Å². The largest absolute Gasteiger partial charge is 0.381 e. The molecule has 0 aliphatic carbocycles. The number of hydrogen-bond donors (Lipinski definition) is 0. The number of rotatable bonds is 3. The first-order valence-electron chi connectivity index (χ1n) is 9.86. The molecule has 3 rings (SSSR count). The van der Waals surface area contributed by atoms with Gasteiger partial charge in [-0.3, -0.25) is 4.79 Å². The number of nitriles is 1. The molecule has 1 atom stereocenters. The fourth-order valence-corrected chi connectivity index (χ4v) is 3.20.